The summed E-state index contributed by atoms with van der Waals surface area (Å²) < 4.78 is 29.9. The molecule has 6 aromatic heterocycles. The van der Waals surface area contributed by atoms with Crippen LogP contribution in [0.1, 0.15) is 11.4 Å². The maximum absolute atomic E-state index is 13.2. The van der Waals surface area contributed by atoms with Crippen LogP contribution >= 0.6 is 0 Å². The zero-order valence-corrected chi connectivity index (χ0v) is 26.1. The van der Waals surface area contributed by atoms with Gasteiger partial charge in [-0.15, -0.1) is 0 Å². The third-order valence-electron chi connectivity index (χ3n) is 8.02. The first kappa shape index (κ1) is 30.7. The molecule has 0 fully saturated rings. The number of fused-ring (bicyclic) bond motifs is 2. The first-order chi connectivity index (χ1) is 23.8. The number of benzene rings is 2. The van der Waals surface area contributed by atoms with E-state index in [1.165, 1.54) is 24.3 Å². The molecule has 0 radical (unpaired) electrons. The van der Waals surface area contributed by atoms with Crippen LogP contribution in [0.4, 0.5) is 20.4 Å². The third-order valence-corrected chi connectivity index (χ3v) is 8.02. The Bertz CT molecular complexity index is 2500. The lowest BCUT2D eigenvalue weighted by atomic mass is 10.0. The van der Waals surface area contributed by atoms with Gasteiger partial charge in [-0.25, -0.2) is 23.1 Å². The Hall–Kier alpha value is -6.94. The van der Waals surface area contributed by atoms with E-state index in [1.54, 1.807) is 45.5 Å². The van der Waals surface area contributed by atoms with E-state index in [2.05, 4.69) is 40.5 Å². The Kier molecular flexibility index (Phi) is 7.95. The molecular weight excluding hydrogens is 626 g/mol. The zero-order valence-electron chi connectivity index (χ0n) is 26.1. The van der Waals surface area contributed by atoms with E-state index in [0.29, 0.717) is 23.7 Å². The number of aromatic amines is 2. The number of pyridine rings is 2. The van der Waals surface area contributed by atoms with Crippen LogP contribution in [0.15, 0.2) is 97.6 Å². The molecule has 1 amide bonds. The number of hydrogen-bond acceptors (Lipinski definition) is 5. The van der Waals surface area contributed by atoms with Gasteiger partial charge in [-0.2, -0.15) is 10.2 Å². The number of aryl methyl sites for hydroxylation is 2. The van der Waals surface area contributed by atoms with Gasteiger partial charge in [0.25, 0.3) is 5.82 Å². The highest BCUT2D eigenvalue weighted by Gasteiger charge is 2.18. The second kappa shape index (κ2) is 12.7. The van der Waals surface area contributed by atoms with Gasteiger partial charge in [-0.1, -0.05) is 6.57 Å². The molecule has 0 aliphatic heterocycles. The number of aromatic nitrogens is 8. The van der Waals surface area contributed by atoms with E-state index >= 15 is 0 Å². The molecule has 2 aromatic carbocycles. The molecule has 8 rings (SSSR count). The molecule has 0 spiro atoms. The Balaban J connectivity index is 0.000000154. The zero-order chi connectivity index (χ0) is 34.1. The monoisotopic (exact) mass is 652 g/mol. The maximum atomic E-state index is 13.2. The average molecular weight is 653 g/mol. The van der Waals surface area contributed by atoms with Crippen molar-refractivity contribution in [3.8, 4) is 44.8 Å². The second-order valence-electron chi connectivity index (χ2n) is 11.1. The minimum absolute atomic E-state index is 0.283. The minimum atomic E-state index is -0.290. The quantitative estimate of drug-likeness (QED) is 0.125. The lowest BCUT2D eigenvalue weighted by Gasteiger charge is -2.07. The van der Waals surface area contributed by atoms with Crippen molar-refractivity contribution in [1.82, 2.24) is 39.2 Å². The van der Waals surface area contributed by atoms with Crippen molar-refractivity contribution < 1.29 is 13.6 Å². The molecule has 6 heterocycles. The van der Waals surface area contributed by atoms with Crippen molar-refractivity contribution in [2.75, 3.05) is 5.32 Å². The van der Waals surface area contributed by atoms with Crippen molar-refractivity contribution in [1.29, 1.82) is 0 Å². The van der Waals surface area contributed by atoms with Crippen LogP contribution in [0.2, 0.25) is 0 Å². The first-order valence-corrected chi connectivity index (χ1v) is 15.0. The van der Waals surface area contributed by atoms with Gasteiger partial charge in [-0.3, -0.25) is 19.4 Å². The molecule has 49 heavy (non-hydrogen) atoms. The summed E-state index contributed by atoms with van der Waals surface area (Å²) in [5, 5.41) is 17.3. The Labute approximate surface area is 277 Å². The van der Waals surface area contributed by atoms with E-state index in [-0.39, 0.29) is 11.6 Å². The van der Waals surface area contributed by atoms with E-state index in [4.69, 9.17) is 6.57 Å². The van der Waals surface area contributed by atoms with Crippen molar-refractivity contribution in [2.24, 2.45) is 0 Å². The SMILES string of the molecule is Cc1[nH]nc(-c2ccc(F)cc2)c1-c1ccc2ncc(NC=O)n2c1.[C-]#[N+]c1cnc2ccc(-c3c(-c4ccc(F)cc4)n[nH]c3C)cn12. The highest BCUT2D eigenvalue weighted by atomic mass is 19.1. The van der Waals surface area contributed by atoms with Gasteiger partial charge < -0.3 is 10.2 Å². The van der Waals surface area contributed by atoms with Crippen molar-refractivity contribution >= 4 is 29.3 Å². The van der Waals surface area contributed by atoms with Gasteiger partial charge in [0.1, 0.15) is 34.5 Å². The Morgan fingerprint density at radius 3 is 1.67 bits per heavy atom. The van der Waals surface area contributed by atoms with E-state index in [9.17, 15) is 13.6 Å². The molecular formula is C36H26F2N10O. The summed E-state index contributed by atoms with van der Waals surface area (Å²) in [7, 11) is 0. The number of nitrogens with zero attached hydrogens (tertiary/aromatic N) is 7. The summed E-state index contributed by atoms with van der Waals surface area (Å²) in [4.78, 5) is 22.7. The number of hydrogen-bond donors (Lipinski definition) is 3. The Morgan fingerprint density at radius 1 is 0.694 bits per heavy atom. The smallest absolute Gasteiger partial charge is 0.254 e. The van der Waals surface area contributed by atoms with E-state index in [0.717, 1.165) is 61.8 Å². The van der Waals surface area contributed by atoms with Crippen LogP contribution < -0.4 is 5.32 Å². The summed E-state index contributed by atoms with van der Waals surface area (Å²) in [6, 6.07) is 20.1. The van der Waals surface area contributed by atoms with Gasteiger partial charge in [0, 0.05) is 57.0 Å². The molecule has 0 aliphatic carbocycles. The van der Waals surface area contributed by atoms with Crippen LogP contribution in [0, 0.1) is 32.1 Å². The van der Waals surface area contributed by atoms with Crippen LogP contribution in [0.25, 0.3) is 60.9 Å². The fourth-order valence-electron chi connectivity index (χ4n) is 5.69. The fraction of sp³-hybridized carbons (Fsp3) is 0.0556. The largest absolute Gasteiger partial charge is 0.362 e. The van der Waals surface area contributed by atoms with Crippen molar-refractivity contribution in [3.63, 3.8) is 0 Å². The van der Waals surface area contributed by atoms with Crippen LogP contribution in [-0.4, -0.2) is 45.6 Å². The lowest BCUT2D eigenvalue weighted by Crippen LogP contribution is -1.98. The predicted molar refractivity (Wildman–Crippen MR) is 182 cm³/mol. The molecule has 0 bridgehead atoms. The molecule has 240 valence electrons. The number of carbonyl (C=O) groups excluding carboxylic acids is 1. The number of H-pyrrole nitrogens is 2. The number of anilines is 1. The number of amides is 1. The fourth-order valence-corrected chi connectivity index (χ4v) is 5.69. The average Bonchev–Trinajstić information content (AvgIpc) is 3.91. The summed E-state index contributed by atoms with van der Waals surface area (Å²) in [5.74, 6) is 0.462. The number of rotatable bonds is 6. The minimum Gasteiger partial charge on any atom is -0.362 e. The highest BCUT2D eigenvalue weighted by Crippen LogP contribution is 2.35. The molecule has 0 unspecified atom stereocenters. The van der Waals surface area contributed by atoms with Crippen LogP contribution in [0.5, 0.6) is 0 Å². The summed E-state index contributed by atoms with van der Waals surface area (Å²) in [6.45, 7) is 11.1. The van der Waals surface area contributed by atoms with Gasteiger partial charge >= 0.3 is 0 Å². The highest BCUT2D eigenvalue weighted by molar-refractivity contribution is 5.84. The second-order valence-corrected chi connectivity index (χ2v) is 11.1. The molecule has 0 saturated heterocycles. The predicted octanol–water partition coefficient (Wildman–Crippen LogP) is 7.80. The number of imidazole rings is 2. The first-order valence-electron chi connectivity index (χ1n) is 15.0. The maximum Gasteiger partial charge on any atom is 0.254 e. The van der Waals surface area contributed by atoms with E-state index < -0.39 is 0 Å². The molecule has 0 atom stereocenters. The molecule has 3 N–H and O–H groups in total. The van der Waals surface area contributed by atoms with Gasteiger partial charge in [0.2, 0.25) is 12.1 Å². The topological polar surface area (TPSA) is 125 Å². The van der Waals surface area contributed by atoms with Gasteiger partial charge in [-0.05, 0) is 80.6 Å². The van der Waals surface area contributed by atoms with Crippen LogP contribution in [0.3, 0.4) is 0 Å². The number of halogens is 2. The van der Waals surface area contributed by atoms with Crippen molar-refractivity contribution in [2.45, 2.75) is 13.8 Å². The summed E-state index contributed by atoms with van der Waals surface area (Å²) in [5.41, 5.74) is 10.0. The normalized spacial score (nSPS) is 10.9. The lowest BCUT2D eigenvalue weighted by molar-refractivity contribution is -0.105. The molecule has 0 aliphatic rings. The molecule has 0 saturated carbocycles. The molecule has 13 heteroatoms. The standard InChI is InChI=1S/C18H14FN5O.C18H12FN5/c1-11-17(18(23-22-11)12-2-5-14(19)6-3-12)13-4-7-15-20-8-16(21-10-25)24(15)9-13;1-11-17(18(23-22-11)12-3-6-14(19)7-4-12)13-5-8-15-21-9-16(20-2)24(15)10-13/h2-10H,1H3,(H,21,25)(H,22,23);3-10H,1H3,(H,22,23). The molecule has 8 aromatic rings. The summed E-state index contributed by atoms with van der Waals surface area (Å²) in [6.07, 6.45) is 7.52. The summed E-state index contributed by atoms with van der Waals surface area (Å²) >= 11 is 0. The van der Waals surface area contributed by atoms with E-state index in [1.807, 2.05) is 50.5 Å². The Morgan fingerprint density at radius 2 is 1.16 bits per heavy atom. The number of nitrogens with one attached hydrogen (secondary N) is 3. The van der Waals surface area contributed by atoms with Crippen LogP contribution in [-0.2, 0) is 4.79 Å². The molecule has 11 nitrogen and oxygen atoms in total. The van der Waals surface area contributed by atoms with Crippen molar-refractivity contribution in [3.05, 3.63) is 132 Å². The van der Waals surface area contributed by atoms with Gasteiger partial charge in [0.15, 0.2) is 0 Å². The number of carbonyl (C=O) groups is 1. The van der Waals surface area contributed by atoms with Gasteiger partial charge in [0.05, 0.1) is 18.6 Å². The third kappa shape index (κ3) is 5.79.